The molecule has 0 aromatic carbocycles. The molecule has 0 spiro atoms. The van der Waals surface area contributed by atoms with E-state index >= 15 is 0 Å². The van der Waals surface area contributed by atoms with Crippen LogP contribution in [0.15, 0.2) is 11.0 Å². The van der Waals surface area contributed by atoms with Gasteiger partial charge in [-0.15, -0.1) is 0 Å². The molecular formula is C22H37FN2O3S. The summed E-state index contributed by atoms with van der Waals surface area (Å²) < 4.78 is 22.5. The van der Waals surface area contributed by atoms with E-state index in [0.717, 1.165) is 32.1 Å². The molecule has 0 radical (unpaired) electrons. The summed E-state index contributed by atoms with van der Waals surface area (Å²) in [5.74, 6) is -0.239. The summed E-state index contributed by atoms with van der Waals surface area (Å²) in [7, 11) is 0. The zero-order chi connectivity index (χ0) is 22.2. The molecule has 1 heterocycles. The fraction of sp³-hybridized carbons (Fsp3) is 0.773. The lowest BCUT2D eigenvalue weighted by Gasteiger charge is -2.32. The van der Waals surface area contributed by atoms with E-state index in [4.69, 9.17) is 17.0 Å². The van der Waals surface area contributed by atoms with Crippen LogP contribution in [0.3, 0.4) is 0 Å². The molecule has 1 unspecified atom stereocenters. The number of nitrogens with zero attached hydrogens (tertiary/aromatic N) is 2. The Hall–Kier alpha value is -1.50. The van der Waals surface area contributed by atoms with Crippen molar-refractivity contribution in [1.82, 2.24) is 9.13 Å². The van der Waals surface area contributed by atoms with Gasteiger partial charge >= 0.3 is 5.97 Å². The first-order valence-corrected chi connectivity index (χ1v) is 11.1. The number of hydrogen-bond donors (Lipinski definition) is 0. The second kappa shape index (κ2) is 11.6. The average Bonchev–Trinajstić information content (AvgIpc) is 2.65. The highest BCUT2D eigenvalue weighted by Crippen LogP contribution is 2.35. The molecule has 0 amide bonds. The minimum Gasteiger partial charge on any atom is -0.465 e. The van der Waals surface area contributed by atoms with E-state index in [-0.39, 0.29) is 11.9 Å². The Kier molecular flexibility index (Phi) is 10.2. The number of carbonyl (C=O) groups is 1. The number of aromatic nitrogens is 2. The highest BCUT2D eigenvalue weighted by molar-refractivity contribution is 7.71. The third-order valence-corrected chi connectivity index (χ3v) is 6.07. The first-order valence-electron chi connectivity index (χ1n) is 10.7. The number of esters is 1. The Labute approximate surface area is 179 Å². The van der Waals surface area contributed by atoms with Crippen molar-refractivity contribution in [1.29, 1.82) is 0 Å². The lowest BCUT2D eigenvalue weighted by atomic mass is 9.73. The van der Waals surface area contributed by atoms with Crippen molar-refractivity contribution in [2.75, 3.05) is 6.61 Å². The van der Waals surface area contributed by atoms with Gasteiger partial charge in [0.25, 0.3) is 5.56 Å². The monoisotopic (exact) mass is 428 g/mol. The smallest absolute Gasteiger partial charge is 0.312 e. The first kappa shape index (κ1) is 25.5. The molecular weight excluding hydrogens is 391 g/mol. The van der Waals surface area contributed by atoms with Gasteiger partial charge in [0.15, 0.2) is 4.77 Å². The first-order chi connectivity index (χ1) is 13.5. The zero-order valence-corrected chi connectivity index (χ0v) is 19.6. The largest absolute Gasteiger partial charge is 0.465 e. The van der Waals surface area contributed by atoms with E-state index in [1.54, 1.807) is 4.57 Å². The Morgan fingerprint density at radius 1 is 1.21 bits per heavy atom. The lowest BCUT2D eigenvalue weighted by molar-refractivity contribution is -0.159. The van der Waals surface area contributed by atoms with Crippen LogP contribution in [0.5, 0.6) is 0 Å². The highest BCUT2D eigenvalue weighted by atomic mass is 32.1. The molecule has 1 atom stereocenters. The molecule has 0 fully saturated rings. The van der Waals surface area contributed by atoms with E-state index in [1.165, 1.54) is 10.8 Å². The number of hydrogen-bond acceptors (Lipinski definition) is 4. The van der Waals surface area contributed by atoms with Gasteiger partial charge in [0.05, 0.1) is 12.0 Å². The van der Waals surface area contributed by atoms with Gasteiger partial charge < -0.3 is 9.30 Å². The van der Waals surface area contributed by atoms with Crippen LogP contribution in [0.2, 0.25) is 0 Å². The molecule has 5 nitrogen and oxygen atoms in total. The van der Waals surface area contributed by atoms with Crippen LogP contribution in [-0.4, -0.2) is 21.7 Å². The van der Waals surface area contributed by atoms with Crippen LogP contribution in [0, 0.1) is 27.8 Å². The Morgan fingerprint density at radius 3 is 2.38 bits per heavy atom. The second-order valence-electron chi connectivity index (χ2n) is 8.72. The lowest BCUT2D eigenvalue weighted by Crippen LogP contribution is -2.36. The highest BCUT2D eigenvalue weighted by Gasteiger charge is 2.38. The van der Waals surface area contributed by atoms with Gasteiger partial charge in [-0.25, -0.2) is 0 Å². The Balaban J connectivity index is 2.44. The maximum Gasteiger partial charge on any atom is 0.312 e. The number of halogens is 1. The fourth-order valence-corrected chi connectivity index (χ4v) is 3.86. The van der Waals surface area contributed by atoms with Crippen LogP contribution >= 0.6 is 12.2 Å². The van der Waals surface area contributed by atoms with Crippen LogP contribution in [0.25, 0.3) is 0 Å². The number of unbranched alkanes of at least 4 members (excludes halogenated alkanes) is 3. The number of carbonyl (C=O) groups excluding carboxylic acids is 1. The molecule has 0 N–H and O–H groups in total. The van der Waals surface area contributed by atoms with Crippen LogP contribution < -0.4 is 5.56 Å². The van der Waals surface area contributed by atoms with Crippen molar-refractivity contribution in [3.05, 3.63) is 27.1 Å². The summed E-state index contributed by atoms with van der Waals surface area (Å²) in [4.78, 5) is 24.5. The SMILES string of the molecule is CCn1cc(F)c(=O)n(CCCCCCOC(=O)C(C)(CC(C)C)C(C)C)c1=S. The molecule has 0 aliphatic rings. The molecule has 0 bridgehead atoms. The summed E-state index contributed by atoms with van der Waals surface area (Å²) in [5.41, 5.74) is -1.12. The van der Waals surface area contributed by atoms with Crippen LogP contribution in [0.4, 0.5) is 4.39 Å². The molecule has 0 aliphatic carbocycles. The van der Waals surface area contributed by atoms with Crippen molar-refractivity contribution >= 4 is 18.2 Å². The third-order valence-electron chi connectivity index (χ3n) is 5.62. The van der Waals surface area contributed by atoms with E-state index in [0.29, 0.717) is 30.4 Å². The van der Waals surface area contributed by atoms with Crippen molar-refractivity contribution in [3.8, 4) is 0 Å². The van der Waals surface area contributed by atoms with E-state index < -0.39 is 16.8 Å². The van der Waals surface area contributed by atoms with Gasteiger partial charge in [-0.2, -0.15) is 4.39 Å². The van der Waals surface area contributed by atoms with E-state index in [2.05, 4.69) is 27.7 Å². The molecule has 7 heteroatoms. The van der Waals surface area contributed by atoms with Crippen LogP contribution in [0.1, 0.15) is 73.6 Å². The zero-order valence-electron chi connectivity index (χ0n) is 18.8. The Bertz CT molecular complexity index is 785. The molecule has 0 aliphatic heterocycles. The maximum absolute atomic E-state index is 13.7. The predicted molar refractivity (Wildman–Crippen MR) is 117 cm³/mol. The molecule has 1 aromatic heterocycles. The summed E-state index contributed by atoms with van der Waals surface area (Å²) in [6.07, 6.45) is 5.21. The normalized spacial score (nSPS) is 13.7. The third kappa shape index (κ3) is 7.05. The standard InChI is InChI=1S/C22H37FN2O3S/c1-7-24-15-18(23)19(26)25(21(24)29)12-10-8-9-11-13-28-20(27)22(6,17(4)5)14-16(2)3/h15-17H,7-14H2,1-6H3. The van der Waals surface area contributed by atoms with Crippen molar-refractivity contribution in [2.45, 2.75) is 86.7 Å². The van der Waals surface area contributed by atoms with E-state index in [9.17, 15) is 14.0 Å². The fourth-order valence-electron chi connectivity index (χ4n) is 3.50. The van der Waals surface area contributed by atoms with Gasteiger partial charge in [0.2, 0.25) is 5.82 Å². The summed E-state index contributed by atoms with van der Waals surface area (Å²) in [5, 5.41) is 0. The van der Waals surface area contributed by atoms with Crippen LogP contribution in [-0.2, 0) is 22.6 Å². The molecule has 1 rings (SSSR count). The molecule has 166 valence electrons. The quantitative estimate of drug-likeness (QED) is 0.256. The second-order valence-corrected chi connectivity index (χ2v) is 9.09. The van der Waals surface area contributed by atoms with Crippen molar-refractivity contribution < 1.29 is 13.9 Å². The minimum absolute atomic E-state index is 0.118. The van der Waals surface area contributed by atoms with Crippen molar-refractivity contribution in [2.24, 2.45) is 17.3 Å². The Morgan fingerprint density at radius 2 is 1.83 bits per heavy atom. The van der Waals surface area contributed by atoms with Gasteiger partial charge in [-0.3, -0.25) is 14.2 Å². The van der Waals surface area contributed by atoms with Gasteiger partial charge in [0.1, 0.15) is 0 Å². The minimum atomic E-state index is -0.776. The van der Waals surface area contributed by atoms with Gasteiger partial charge in [-0.1, -0.05) is 34.1 Å². The van der Waals surface area contributed by atoms with Gasteiger partial charge in [0, 0.05) is 19.3 Å². The number of ether oxygens (including phenoxy) is 1. The number of aryl methyl sites for hydroxylation is 1. The summed E-state index contributed by atoms with van der Waals surface area (Å²) in [6, 6.07) is 0. The van der Waals surface area contributed by atoms with E-state index in [1.807, 2.05) is 13.8 Å². The predicted octanol–water partition coefficient (Wildman–Crippen LogP) is 5.35. The summed E-state index contributed by atoms with van der Waals surface area (Å²) in [6.45, 7) is 13.5. The molecule has 0 saturated heterocycles. The molecule has 0 saturated carbocycles. The van der Waals surface area contributed by atoms with Gasteiger partial charge in [-0.05, 0) is 63.6 Å². The molecule has 29 heavy (non-hydrogen) atoms. The maximum atomic E-state index is 13.7. The molecule has 1 aromatic rings. The number of rotatable bonds is 12. The topological polar surface area (TPSA) is 53.2 Å². The average molecular weight is 429 g/mol. The van der Waals surface area contributed by atoms with Crippen molar-refractivity contribution in [3.63, 3.8) is 0 Å². The summed E-state index contributed by atoms with van der Waals surface area (Å²) >= 11 is 5.27.